The highest BCUT2D eigenvalue weighted by Crippen LogP contribution is 2.25. The van der Waals surface area contributed by atoms with Gasteiger partial charge >= 0.3 is 0 Å². The van der Waals surface area contributed by atoms with E-state index in [9.17, 15) is 5.11 Å². The first-order valence-corrected chi connectivity index (χ1v) is 7.17. The molecule has 1 aliphatic rings. The van der Waals surface area contributed by atoms with Crippen molar-refractivity contribution in [3.63, 3.8) is 0 Å². The van der Waals surface area contributed by atoms with Gasteiger partial charge in [0.1, 0.15) is 0 Å². The highest BCUT2D eigenvalue weighted by Gasteiger charge is 2.26. The summed E-state index contributed by atoms with van der Waals surface area (Å²) < 4.78 is 0. The summed E-state index contributed by atoms with van der Waals surface area (Å²) in [4.78, 5) is 2.39. The van der Waals surface area contributed by atoms with Crippen LogP contribution in [-0.2, 0) is 0 Å². The van der Waals surface area contributed by atoms with E-state index in [4.69, 9.17) is 11.1 Å². The van der Waals surface area contributed by atoms with Crippen LogP contribution >= 0.6 is 0 Å². The molecule has 1 aliphatic carbocycles. The summed E-state index contributed by atoms with van der Waals surface area (Å²) in [5, 5.41) is 16.8. The minimum Gasteiger partial charge on any atom is -0.395 e. The van der Waals surface area contributed by atoms with Crippen LogP contribution in [0.5, 0.6) is 0 Å². The summed E-state index contributed by atoms with van der Waals surface area (Å²) in [6, 6.07) is 0.619. The molecular weight excluding hydrogens is 226 g/mol. The van der Waals surface area contributed by atoms with Crippen LogP contribution in [0.15, 0.2) is 0 Å². The first-order valence-electron chi connectivity index (χ1n) is 7.17. The molecule has 0 aliphatic heterocycles. The van der Waals surface area contributed by atoms with Crippen LogP contribution in [-0.4, -0.2) is 41.6 Å². The van der Waals surface area contributed by atoms with Gasteiger partial charge in [0.15, 0.2) is 0 Å². The SMILES string of the molecule is CC(C)(CCN(CCO)C1CCCCC1)C(=N)N. The summed E-state index contributed by atoms with van der Waals surface area (Å²) in [7, 11) is 0. The largest absolute Gasteiger partial charge is 0.395 e. The van der Waals surface area contributed by atoms with Crippen molar-refractivity contribution in [1.29, 1.82) is 5.41 Å². The molecule has 0 aromatic rings. The molecule has 1 saturated carbocycles. The third-order valence-electron chi connectivity index (χ3n) is 4.23. The summed E-state index contributed by atoms with van der Waals surface area (Å²) in [5.74, 6) is 0.259. The first-order chi connectivity index (χ1) is 8.47. The first kappa shape index (κ1) is 15.4. The maximum absolute atomic E-state index is 9.20. The third-order valence-corrected chi connectivity index (χ3v) is 4.23. The van der Waals surface area contributed by atoms with Gasteiger partial charge in [-0.15, -0.1) is 0 Å². The Labute approximate surface area is 111 Å². The second kappa shape index (κ2) is 7.10. The molecule has 0 saturated heterocycles. The molecule has 0 aromatic heterocycles. The Morgan fingerprint density at radius 2 is 1.89 bits per heavy atom. The van der Waals surface area contributed by atoms with E-state index >= 15 is 0 Å². The van der Waals surface area contributed by atoms with E-state index in [1.807, 2.05) is 13.8 Å². The smallest absolute Gasteiger partial charge is 0.0963 e. The lowest BCUT2D eigenvalue weighted by molar-refractivity contribution is 0.115. The number of rotatable bonds is 7. The van der Waals surface area contributed by atoms with Gasteiger partial charge in [0.05, 0.1) is 12.4 Å². The van der Waals surface area contributed by atoms with Gasteiger partial charge in [0.2, 0.25) is 0 Å². The summed E-state index contributed by atoms with van der Waals surface area (Å²) in [6.07, 6.45) is 7.35. The normalized spacial score (nSPS) is 18.2. The number of nitrogens with two attached hydrogens (primary N) is 1. The van der Waals surface area contributed by atoms with Crippen LogP contribution < -0.4 is 5.73 Å². The molecule has 0 bridgehead atoms. The van der Waals surface area contributed by atoms with Crippen molar-refractivity contribution in [3.8, 4) is 0 Å². The Bertz CT molecular complexity index is 260. The van der Waals surface area contributed by atoms with Crippen molar-refractivity contribution < 1.29 is 5.11 Å². The van der Waals surface area contributed by atoms with E-state index in [-0.39, 0.29) is 17.9 Å². The van der Waals surface area contributed by atoms with Crippen LogP contribution in [0, 0.1) is 10.8 Å². The monoisotopic (exact) mass is 255 g/mol. The van der Waals surface area contributed by atoms with Crippen molar-refractivity contribution in [2.75, 3.05) is 19.7 Å². The lowest BCUT2D eigenvalue weighted by Gasteiger charge is -2.36. The number of nitrogens with zero attached hydrogens (tertiary/aromatic N) is 1. The zero-order chi connectivity index (χ0) is 13.6. The van der Waals surface area contributed by atoms with Crippen LogP contribution in [0.3, 0.4) is 0 Å². The predicted molar refractivity (Wildman–Crippen MR) is 75.8 cm³/mol. The standard InChI is InChI=1S/C14H29N3O/c1-14(2,13(15)16)8-9-17(10-11-18)12-6-4-3-5-7-12/h12,18H,3-11H2,1-2H3,(H3,15,16). The molecule has 0 spiro atoms. The Morgan fingerprint density at radius 1 is 1.28 bits per heavy atom. The molecule has 18 heavy (non-hydrogen) atoms. The molecule has 4 N–H and O–H groups in total. The molecule has 1 fully saturated rings. The van der Waals surface area contributed by atoms with Crippen molar-refractivity contribution in [1.82, 2.24) is 4.90 Å². The molecule has 4 nitrogen and oxygen atoms in total. The Balaban J connectivity index is 2.49. The highest BCUT2D eigenvalue weighted by atomic mass is 16.3. The lowest BCUT2D eigenvalue weighted by Crippen LogP contribution is -2.42. The number of aliphatic hydroxyl groups is 1. The van der Waals surface area contributed by atoms with Crippen molar-refractivity contribution in [2.45, 2.75) is 58.4 Å². The second-order valence-electron chi connectivity index (χ2n) is 6.10. The van der Waals surface area contributed by atoms with Gasteiger partial charge in [0, 0.05) is 18.0 Å². The van der Waals surface area contributed by atoms with Gasteiger partial charge < -0.3 is 10.8 Å². The van der Waals surface area contributed by atoms with Crippen molar-refractivity contribution in [3.05, 3.63) is 0 Å². The molecule has 0 amide bonds. The summed E-state index contributed by atoms with van der Waals surface area (Å²) >= 11 is 0. The molecule has 0 aromatic carbocycles. The lowest BCUT2D eigenvalue weighted by atomic mass is 9.87. The minimum atomic E-state index is -0.234. The number of amidine groups is 1. The Morgan fingerprint density at radius 3 is 2.39 bits per heavy atom. The Hall–Kier alpha value is -0.610. The van der Waals surface area contributed by atoms with Gasteiger partial charge in [-0.05, 0) is 25.8 Å². The molecule has 0 heterocycles. The average molecular weight is 255 g/mol. The fraction of sp³-hybridized carbons (Fsp3) is 0.929. The maximum atomic E-state index is 9.20. The minimum absolute atomic E-state index is 0.219. The average Bonchev–Trinajstić information content (AvgIpc) is 2.35. The molecular formula is C14H29N3O. The molecule has 1 rings (SSSR count). The van der Waals surface area contributed by atoms with E-state index in [0.29, 0.717) is 6.04 Å². The van der Waals surface area contributed by atoms with Gasteiger partial charge in [-0.1, -0.05) is 33.1 Å². The third kappa shape index (κ3) is 4.58. The topological polar surface area (TPSA) is 73.3 Å². The van der Waals surface area contributed by atoms with Gasteiger partial charge in [-0.3, -0.25) is 10.3 Å². The summed E-state index contributed by atoms with van der Waals surface area (Å²) in [6.45, 7) is 5.94. The van der Waals surface area contributed by atoms with Crippen LogP contribution in [0.1, 0.15) is 52.4 Å². The molecule has 4 heteroatoms. The molecule has 0 atom stereocenters. The van der Waals surface area contributed by atoms with Crippen LogP contribution in [0.2, 0.25) is 0 Å². The van der Waals surface area contributed by atoms with E-state index in [1.54, 1.807) is 0 Å². The van der Waals surface area contributed by atoms with Crippen LogP contribution in [0.4, 0.5) is 0 Å². The van der Waals surface area contributed by atoms with Crippen molar-refractivity contribution >= 4 is 5.84 Å². The number of nitrogens with one attached hydrogen (secondary N) is 1. The van der Waals surface area contributed by atoms with Gasteiger partial charge in [-0.2, -0.15) is 0 Å². The predicted octanol–water partition coefficient (Wildman–Crippen LogP) is 1.97. The van der Waals surface area contributed by atoms with E-state index in [0.717, 1.165) is 19.5 Å². The second-order valence-corrected chi connectivity index (χ2v) is 6.10. The number of aliphatic hydroxyl groups excluding tert-OH is 1. The Kier molecular flexibility index (Phi) is 6.09. The fourth-order valence-corrected chi connectivity index (χ4v) is 2.61. The van der Waals surface area contributed by atoms with E-state index < -0.39 is 0 Å². The van der Waals surface area contributed by atoms with E-state index in [2.05, 4.69) is 4.90 Å². The maximum Gasteiger partial charge on any atom is 0.0963 e. The zero-order valence-electron chi connectivity index (χ0n) is 11.9. The fourth-order valence-electron chi connectivity index (χ4n) is 2.61. The van der Waals surface area contributed by atoms with Gasteiger partial charge in [0.25, 0.3) is 0 Å². The van der Waals surface area contributed by atoms with Gasteiger partial charge in [-0.25, -0.2) is 0 Å². The zero-order valence-corrected chi connectivity index (χ0v) is 11.9. The van der Waals surface area contributed by atoms with Crippen LogP contribution in [0.25, 0.3) is 0 Å². The number of hydrogen-bond acceptors (Lipinski definition) is 3. The quantitative estimate of drug-likeness (QED) is 0.481. The van der Waals surface area contributed by atoms with Crippen molar-refractivity contribution in [2.24, 2.45) is 11.1 Å². The van der Waals surface area contributed by atoms with E-state index in [1.165, 1.54) is 32.1 Å². The molecule has 0 radical (unpaired) electrons. The highest BCUT2D eigenvalue weighted by molar-refractivity contribution is 5.82. The number of hydrogen-bond donors (Lipinski definition) is 3. The molecule has 106 valence electrons. The molecule has 0 unspecified atom stereocenters. The summed E-state index contributed by atoms with van der Waals surface area (Å²) in [5.41, 5.74) is 5.39.